The van der Waals surface area contributed by atoms with Gasteiger partial charge < -0.3 is 15.7 Å². The van der Waals surface area contributed by atoms with E-state index in [9.17, 15) is 9.50 Å². The monoisotopic (exact) mass is 280 g/mol. The lowest BCUT2D eigenvalue weighted by Crippen LogP contribution is -2.40. The largest absolute Gasteiger partial charge is 0.395 e. The molecule has 0 bridgehead atoms. The molecule has 0 saturated heterocycles. The highest BCUT2D eigenvalue weighted by molar-refractivity contribution is 5.56. The Morgan fingerprint density at radius 3 is 2.65 bits per heavy atom. The van der Waals surface area contributed by atoms with E-state index in [-0.39, 0.29) is 18.5 Å². The van der Waals surface area contributed by atoms with Crippen LogP contribution in [0.25, 0.3) is 0 Å². The van der Waals surface area contributed by atoms with Crippen molar-refractivity contribution in [3.8, 4) is 0 Å². The fourth-order valence-corrected chi connectivity index (χ4v) is 3.23. The van der Waals surface area contributed by atoms with Crippen molar-refractivity contribution < 1.29 is 9.50 Å². The van der Waals surface area contributed by atoms with Crippen LogP contribution in [0.1, 0.15) is 50.6 Å². The zero-order valence-corrected chi connectivity index (χ0v) is 12.2. The molecule has 1 fully saturated rings. The van der Waals surface area contributed by atoms with Gasteiger partial charge in [0.25, 0.3) is 0 Å². The van der Waals surface area contributed by atoms with Gasteiger partial charge in [0.2, 0.25) is 0 Å². The van der Waals surface area contributed by atoms with Crippen molar-refractivity contribution in [2.45, 2.75) is 51.1 Å². The summed E-state index contributed by atoms with van der Waals surface area (Å²) in [5, 5.41) is 9.36. The van der Waals surface area contributed by atoms with Gasteiger partial charge in [-0.25, -0.2) is 4.39 Å². The Bertz CT molecular complexity index is 430. The molecule has 3 nitrogen and oxygen atoms in total. The molecule has 0 aliphatic heterocycles. The van der Waals surface area contributed by atoms with Gasteiger partial charge in [0.1, 0.15) is 5.82 Å². The van der Waals surface area contributed by atoms with Crippen LogP contribution in [-0.2, 0) is 0 Å². The van der Waals surface area contributed by atoms with Crippen molar-refractivity contribution in [2.75, 3.05) is 18.1 Å². The first-order valence-electron chi connectivity index (χ1n) is 7.56. The number of hydrogen-bond donors (Lipinski definition) is 2. The topological polar surface area (TPSA) is 49.5 Å². The minimum absolute atomic E-state index is 0.0748. The van der Waals surface area contributed by atoms with Gasteiger partial charge in [0.05, 0.1) is 6.61 Å². The molecule has 1 aromatic carbocycles. The zero-order valence-electron chi connectivity index (χ0n) is 12.2. The van der Waals surface area contributed by atoms with E-state index < -0.39 is 0 Å². The van der Waals surface area contributed by atoms with Crippen LogP contribution in [0.15, 0.2) is 18.2 Å². The lowest BCUT2D eigenvalue weighted by atomic mass is 9.92. The van der Waals surface area contributed by atoms with E-state index in [2.05, 4.69) is 4.90 Å². The molecular weight excluding hydrogens is 255 g/mol. The van der Waals surface area contributed by atoms with Crippen LogP contribution in [-0.4, -0.2) is 24.3 Å². The predicted molar refractivity (Wildman–Crippen MR) is 80.3 cm³/mol. The van der Waals surface area contributed by atoms with Crippen molar-refractivity contribution >= 4 is 5.69 Å². The molecule has 1 aromatic rings. The maximum Gasteiger partial charge on any atom is 0.130 e. The Labute approximate surface area is 120 Å². The number of rotatable bonds is 5. The molecule has 3 N–H and O–H groups in total. The summed E-state index contributed by atoms with van der Waals surface area (Å²) in [5.74, 6) is -0.253. The number of nitrogens with zero attached hydrogens (tertiary/aromatic N) is 1. The van der Waals surface area contributed by atoms with Gasteiger partial charge in [-0.3, -0.25) is 0 Å². The zero-order chi connectivity index (χ0) is 14.5. The van der Waals surface area contributed by atoms with Gasteiger partial charge in [-0.05, 0) is 31.9 Å². The second-order valence-corrected chi connectivity index (χ2v) is 5.67. The summed E-state index contributed by atoms with van der Waals surface area (Å²) in [5.41, 5.74) is 7.36. The predicted octanol–water partition coefficient (Wildman–Crippen LogP) is 2.98. The molecule has 20 heavy (non-hydrogen) atoms. The highest BCUT2D eigenvalue weighted by atomic mass is 19.1. The lowest BCUT2D eigenvalue weighted by Gasteiger charge is -2.37. The number of aliphatic hydroxyl groups excluding tert-OH is 1. The highest BCUT2D eigenvalue weighted by Gasteiger charge is 2.25. The van der Waals surface area contributed by atoms with Gasteiger partial charge in [0.15, 0.2) is 0 Å². The number of halogens is 1. The average Bonchev–Trinajstić information content (AvgIpc) is 2.45. The molecule has 0 radical (unpaired) electrons. The third-order valence-electron chi connectivity index (χ3n) is 4.15. The Morgan fingerprint density at radius 1 is 1.35 bits per heavy atom. The third-order valence-corrected chi connectivity index (χ3v) is 4.15. The minimum Gasteiger partial charge on any atom is -0.395 e. The van der Waals surface area contributed by atoms with Gasteiger partial charge in [0, 0.05) is 29.9 Å². The Morgan fingerprint density at radius 2 is 2.05 bits per heavy atom. The standard InChI is InChI=1S/C16H25FN2O/c1-12(18)16-14(17)8-5-9-15(16)19(10-11-20)13-6-3-2-4-7-13/h5,8-9,12-13,20H,2-4,6-7,10-11,18H2,1H3/t12-/m0/s1. The summed E-state index contributed by atoms with van der Waals surface area (Å²) in [7, 11) is 0. The molecule has 0 aromatic heterocycles. The molecule has 0 heterocycles. The molecule has 0 spiro atoms. The van der Waals surface area contributed by atoms with Crippen LogP contribution >= 0.6 is 0 Å². The lowest BCUT2D eigenvalue weighted by molar-refractivity contribution is 0.289. The van der Waals surface area contributed by atoms with E-state index in [0.717, 1.165) is 18.5 Å². The summed E-state index contributed by atoms with van der Waals surface area (Å²) in [6.45, 7) is 2.42. The molecule has 1 aliphatic rings. The van der Waals surface area contributed by atoms with Crippen LogP contribution in [0.4, 0.5) is 10.1 Å². The van der Waals surface area contributed by atoms with E-state index in [1.165, 1.54) is 25.3 Å². The van der Waals surface area contributed by atoms with Gasteiger partial charge in [-0.2, -0.15) is 0 Å². The summed E-state index contributed by atoms with van der Waals surface area (Å²) in [6, 6.07) is 5.14. The van der Waals surface area contributed by atoms with E-state index in [1.54, 1.807) is 13.0 Å². The maximum atomic E-state index is 14.1. The molecule has 0 amide bonds. The van der Waals surface area contributed by atoms with E-state index in [4.69, 9.17) is 5.73 Å². The Kier molecular flexibility index (Phi) is 5.38. The van der Waals surface area contributed by atoms with Gasteiger partial charge in [-0.15, -0.1) is 0 Å². The molecule has 112 valence electrons. The fraction of sp³-hybridized carbons (Fsp3) is 0.625. The Balaban J connectivity index is 2.35. The molecule has 2 rings (SSSR count). The maximum absolute atomic E-state index is 14.1. The van der Waals surface area contributed by atoms with Gasteiger partial charge in [-0.1, -0.05) is 25.3 Å². The number of benzene rings is 1. The van der Waals surface area contributed by atoms with Crippen LogP contribution < -0.4 is 10.6 Å². The SMILES string of the molecule is C[C@H](N)c1c(F)cccc1N(CCO)C1CCCCC1. The second-order valence-electron chi connectivity index (χ2n) is 5.67. The summed E-state index contributed by atoms with van der Waals surface area (Å²) >= 11 is 0. The van der Waals surface area contributed by atoms with E-state index in [1.807, 2.05) is 6.07 Å². The summed E-state index contributed by atoms with van der Waals surface area (Å²) in [6.07, 6.45) is 5.89. The van der Waals surface area contributed by atoms with Crippen LogP contribution in [0, 0.1) is 5.82 Å². The van der Waals surface area contributed by atoms with Crippen molar-refractivity contribution in [1.29, 1.82) is 0 Å². The summed E-state index contributed by atoms with van der Waals surface area (Å²) in [4.78, 5) is 2.15. The van der Waals surface area contributed by atoms with Crippen LogP contribution in [0.3, 0.4) is 0 Å². The quantitative estimate of drug-likeness (QED) is 0.871. The average molecular weight is 280 g/mol. The minimum atomic E-state index is -0.351. The van der Waals surface area contributed by atoms with Gasteiger partial charge >= 0.3 is 0 Å². The van der Waals surface area contributed by atoms with Crippen LogP contribution in [0.2, 0.25) is 0 Å². The first-order valence-corrected chi connectivity index (χ1v) is 7.56. The number of aliphatic hydroxyl groups is 1. The molecule has 1 atom stereocenters. The molecular formula is C16H25FN2O. The van der Waals surface area contributed by atoms with Crippen molar-refractivity contribution in [2.24, 2.45) is 5.73 Å². The molecule has 4 heteroatoms. The second kappa shape index (κ2) is 7.04. The normalized spacial score (nSPS) is 18.0. The Hall–Kier alpha value is -1.13. The van der Waals surface area contributed by atoms with E-state index in [0.29, 0.717) is 18.2 Å². The molecule has 1 saturated carbocycles. The van der Waals surface area contributed by atoms with E-state index >= 15 is 0 Å². The smallest absolute Gasteiger partial charge is 0.130 e. The van der Waals surface area contributed by atoms with Crippen molar-refractivity contribution in [3.63, 3.8) is 0 Å². The summed E-state index contributed by atoms with van der Waals surface area (Å²) < 4.78 is 14.1. The van der Waals surface area contributed by atoms with Crippen molar-refractivity contribution in [1.82, 2.24) is 0 Å². The molecule has 0 unspecified atom stereocenters. The fourth-order valence-electron chi connectivity index (χ4n) is 3.23. The first-order chi connectivity index (χ1) is 9.65. The highest BCUT2D eigenvalue weighted by Crippen LogP contribution is 2.33. The third kappa shape index (κ3) is 3.30. The number of hydrogen-bond acceptors (Lipinski definition) is 3. The number of anilines is 1. The molecule has 1 aliphatic carbocycles. The number of nitrogens with two attached hydrogens (primary N) is 1. The van der Waals surface area contributed by atoms with Crippen molar-refractivity contribution in [3.05, 3.63) is 29.6 Å². The van der Waals surface area contributed by atoms with Crippen LogP contribution in [0.5, 0.6) is 0 Å². The first kappa shape index (κ1) is 15.3.